The first-order valence-electron chi connectivity index (χ1n) is 6.18. The van der Waals surface area contributed by atoms with Crippen LogP contribution >= 0.6 is 12.8 Å². The molecule has 0 saturated carbocycles. The summed E-state index contributed by atoms with van der Waals surface area (Å²) in [6, 6.07) is 0. The second-order valence-corrected chi connectivity index (χ2v) is 5.04. The van der Waals surface area contributed by atoms with Crippen molar-refractivity contribution in [2.45, 2.75) is 0 Å². The number of fused-ring (bicyclic) bond motifs is 1. The summed E-state index contributed by atoms with van der Waals surface area (Å²) in [6.45, 7) is 0. The third-order valence-electron chi connectivity index (χ3n) is 3.32. The molecule has 0 fully saturated rings. The van der Waals surface area contributed by atoms with E-state index in [-0.39, 0.29) is 3.97 Å². The maximum Gasteiger partial charge on any atom is 0.434 e. The molecule has 1 aromatic carbocycles. The molecule has 2 rings (SSSR count). The van der Waals surface area contributed by atoms with E-state index >= 15 is 0 Å². The first-order chi connectivity index (χ1) is 12.8. The fourth-order valence-electron chi connectivity index (χ4n) is 2.47. The molecule has 0 unspecified atom stereocenters. The van der Waals surface area contributed by atoms with Crippen molar-refractivity contribution in [3.8, 4) is 0 Å². The highest BCUT2D eigenvalue weighted by molar-refractivity contribution is 7.79. The van der Waals surface area contributed by atoms with Crippen LogP contribution in [0.2, 0.25) is 0 Å². The van der Waals surface area contributed by atoms with Crippen molar-refractivity contribution in [3.05, 3.63) is 60.7 Å². The predicted molar refractivity (Wildman–Crippen MR) is 86.2 cm³/mol. The summed E-state index contributed by atoms with van der Waals surface area (Å²) in [7, 11) is 0. The zero-order valence-corrected chi connectivity index (χ0v) is 13.4. The number of nitro benzene ring substituents is 4. The van der Waals surface area contributed by atoms with Crippen LogP contribution in [0.5, 0.6) is 0 Å². The lowest BCUT2D eigenvalue weighted by Gasteiger charge is -2.00. The number of thiol groups is 1. The summed E-state index contributed by atoms with van der Waals surface area (Å²) in [4.78, 5) is 57.8. The van der Waals surface area contributed by atoms with Crippen molar-refractivity contribution in [2.24, 2.45) is 0 Å². The molecule has 20 heteroatoms. The van der Waals surface area contributed by atoms with Gasteiger partial charge in [0.05, 0.1) is 24.6 Å². The second-order valence-electron chi connectivity index (χ2n) is 4.64. The molecule has 0 aliphatic carbocycles. The van der Waals surface area contributed by atoms with Crippen LogP contribution in [0.3, 0.4) is 0 Å². The lowest BCUT2D eigenvalue weighted by atomic mass is 10.1. The smallest absolute Gasteiger partial charge is 0.358 e. The van der Waals surface area contributed by atoms with E-state index in [1.54, 1.807) is 0 Å². The molecular weight excluding hydrogens is 418 g/mol. The molecule has 2 aromatic rings. The van der Waals surface area contributed by atoms with E-state index in [9.17, 15) is 60.7 Å². The van der Waals surface area contributed by atoms with Gasteiger partial charge in [0.15, 0.2) is 0 Å². The van der Waals surface area contributed by atoms with Gasteiger partial charge in [-0.05, 0) is 4.92 Å². The highest BCUT2D eigenvalue weighted by Gasteiger charge is 2.55. The maximum absolute atomic E-state index is 11.3. The van der Waals surface area contributed by atoms with E-state index < -0.39 is 74.7 Å². The van der Waals surface area contributed by atoms with Crippen LogP contribution in [0.1, 0.15) is 0 Å². The summed E-state index contributed by atoms with van der Waals surface area (Å²) in [5, 5.41) is 66.0. The average molecular weight is 419 g/mol. The number of nitro groups is 6. The van der Waals surface area contributed by atoms with Crippen molar-refractivity contribution >= 4 is 58.0 Å². The fourth-order valence-corrected chi connectivity index (χ4v) is 2.83. The number of rotatable bonds is 6. The Morgan fingerprint density at radius 1 is 0.536 bits per heavy atom. The summed E-state index contributed by atoms with van der Waals surface area (Å²) < 4.78 is -0.157. The molecule has 19 nitrogen and oxygen atoms in total. The van der Waals surface area contributed by atoms with E-state index in [2.05, 4.69) is 12.8 Å². The van der Waals surface area contributed by atoms with Crippen molar-refractivity contribution in [1.29, 1.82) is 0 Å². The number of hydrogen-bond acceptors (Lipinski definition) is 13. The first-order valence-corrected chi connectivity index (χ1v) is 6.58. The molecule has 0 atom stereocenters. The van der Waals surface area contributed by atoms with Crippen LogP contribution in [0.25, 0.3) is 10.9 Å². The Hall–Kier alpha value is -4.49. The van der Waals surface area contributed by atoms with Gasteiger partial charge in [0, 0.05) is 12.8 Å². The summed E-state index contributed by atoms with van der Waals surface area (Å²) in [5.41, 5.74) is -10.9. The molecule has 146 valence electrons. The lowest BCUT2D eigenvalue weighted by molar-refractivity contribution is -0.450. The highest BCUT2D eigenvalue weighted by Crippen LogP contribution is 2.55. The van der Waals surface area contributed by atoms with E-state index in [0.717, 1.165) is 0 Å². The monoisotopic (exact) mass is 419 g/mol. The van der Waals surface area contributed by atoms with Crippen molar-refractivity contribution in [3.63, 3.8) is 0 Å². The topological polar surface area (TPSA) is 264 Å². The molecule has 0 spiro atoms. The van der Waals surface area contributed by atoms with Crippen molar-refractivity contribution in [2.75, 3.05) is 0 Å². The normalized spacial score (nSPS) is 10.6. The molecule has 0 bridgehead atoms. The minimum Gasteiger partial charge on any atom is -0.358 e. The Morgan fingerprint density at radius 3 is 1.21 bits per heavy atom. The SMILES string of the molecule is O=[N+]([O-])c1c([N+](=O)[O-])c([N+](=O)[O-])c2c(c1[N+](=O)[O-])c([N+](=O)[O-])c([N+](=O)[O-])n2S. The highest BCUT2D eigenvalue weighted by atomic mass is 32.1. The van der Waals surface area contributed by atoms with Gasteiger partial charge in [0.1, 0.15) is 0 Å². The molecule has 0 aliphatic heterocycles. The molecule has 0 N–H and O–H groups in total. The summed E-state index contributed by atoms with van der Waals surface area (Å²) >= 11 is 3.45. The van der Waals surface area contributed by atoms with E-state index in [1.807, 2.05) is 0 Å². The van der Waals surface area contributed by atoms with Gasteiger partial charge < -0.3 is 10.1 Å². The average Bonchev–Trinajstić information content (AvgIpc) is 2.85. The van der Waals surface area contributed by atoms with Gasteiger partial charge in [0.25, 0.3) is 0 Å². The third kappa shape index (κ3) is 2.56. The lowest BCUT2D eigenvalue weighted by Crippen LogP contribution is -2.06. The van der Waals surface area contributed by atoms with Gasteiger partial charge in [-0.15, -0.1) is 3.97 Å². The Labute approximate surface area is 153 Å². The number of hydrogen-bond donors (Lipinski definition) is 1. The summed E-state index contributed by atoms with van der Waals surface area (Å²) in [5.74, 6) is -1.63. The zero-order chi connectivity index (χ0) is 21.7. The molecule has 1 heterocycles. The molecule has 28 heavy (non-hydrogen) atoms. The van der Waals surface area contributed by atoms with E-state index in [1.165, 1.54) is 0 Å². The zero-order valence-electron chi connectivity index (χ0n) is 12.5. The maximum atomic E-state index is 11.3. The Kier molecular flexibility index (Phi) is 4.49. The van der Waals surface area contributed by atoms with Crippen molar-refractivity contribution < 1.29 is 29.5 Å². The Balaban J connectivity index is 3.54. The van der Waals surface area contributed by atoms with E-state index in [4.69, 9.17) is 0 Å². The Morgan fingerprint density at radius 2 is 0.893 bits per heavy atom. The largest absolute Gasteiger partial charge is 0.434 e. The van der Waals surface area contributed by atoms with Gasteiger partial charge >= 0.3 is 34.3 Å². The van der Waals surface area contributed by atoms with Gasteiger partial charge in [-0.3, -0.25) is 50.6 Å². The molecule has 0 amide bonds. The predicted octanol–water partition coefficient (Wildman–Crippen LogP) is 1.78. The molecule has 0 saturated heterocycles. The molecule has 0 aliphatic rings. The Bertz CT molecular complexity index is 1150. The van der Waals surface area contributed by atoms with Gasteiger partial charge in [-0.1, -0.05) is 0 Å². The van der Waals surface area contributed by atoms with Crippen LogP contribution in [0.4, 0.5) is 34.3 Å². The second kappa shape index (κ2) is 6.35. The third-order valence-corrected chi connectivity index (χ3v) is 3.71. The van der Waals surface area contributed by atoms with Gasteiger partial charge in [-0.25, -0.2) is 0 Å². The van der Waals surface area contributed by atoms with Crippen LogP contribution in [-0.2, 0) is 0 Å². The van der Waals surface area contributed by atoms with E-state index in [0.29, 0.717) is 0 Å². The number of nitrogens with zero attached hydrogens (tertiary/aromatic N) is 7. The standard InChI is InChI=1S/C8HN7O12S/c16-10(17)3-1-2(9(28)8(15(26)27)4(1)11(18)19)5(12(20)21)7(14(24)25)6(3)13(22)23/h28H. The van der Waals surface area contributed by atoms with Crippen LogP contribution < -0.4 is 0 Å². The van der Waals surface area contributed by atoms with Crippen LogP contribution in [0.15, 0.2) is 0 Å². The fraction of sp³-hybridized carbons (Fsp3) is 0. The van der Waals surface area contributed by atoms with Crippen LogP contribution in [0, 0.1) is 60.7 Å². The quantitative estimate of drug-likeness (QED) is 0.398. The number of aromatic nitrogens is 1. The molecular formula is C8HN7O12S. The minimum absolute atomic E-state index is 0.157. The minimum atomic E-state index is -2.05. The number of benzene rings is 1. The molecule has 1 aromatic heterocycles. The summed E-state index contributed by atoms with van der Waals surface area (Å²) in [6.07, 6.45) is 0. The van der Waals surface area contributed by atoms with Crippen LogP contribution in [-0.4, -0.2) is 33.5 Å². The van der Waals surface area contributed by atoms with Crippen molar-refractivity contribution in [1.82, 2.24) is 3.97 Å². The molecule has 0 radical (unpaired) electrons. The first kappa shape index (κ1) is 19.8. The van der Waals surface area contributed by atoms with Gasteiger partial charge in [0.2, 0.25) is 10.9 Å². The van der Waals surface area contributed by atoms with Gasteiger partial charge in [-0.2, -0.15) is 0 Å².